The van der Waals surface area contributed by atoms with Crippen molar-refractivity contribution in [1.29, 1.82) is 0 Å². The summed E-state index contributed by atoms with van der Waals surface area (Å²) in [5, 5.41) is 4.02. The van der Waals surface area contributed by atoms with E-state index in [2.05, 4.69) is 51.2 Å². The Hall–Kier alpha value is -1.31. The average Bonchev–Trinajstić information content (AvgIpc) is 2.39. The zero-order valence-corrected chi connectivity index (χ0v) is 13.7. The van der Waals surface area contributed by atoms with Crippen LogP contribution >= 0.6 is 11.6 Å². The second-order valence-electron chi connectivity index (χ2n) is 5.47. The molecule has 2 rings (SSSR count). The third-order valence-corrected chi connectivity index (χ3v) is 4.30. The molecule has 2 aromatic carbocycles. The quantitative estimate of drug-likeness (QED) is 0.841. The van der Waals surface area contributed by atoms with Gasteiger partial charge in [0.1, 0.15) is 0 Å². The van der Waals surface area contributed by atoms with E-state index in [1.54, 1.807) is 0 Å². The van der Waals surface area contributed by atoms with Crippen LogP contribution in [0.2, 0.25) is 5.02 Å². The number of nitrogens with one attached hydrogen (secondary N) is 1. The van der Waals surface area contributed by atoms with Gasteiger partial charge in [-0.25, -0.2) is 0 Å². The van der Waals surface area contributed by atoms with Crippen LogP contribution in [-0.2, 0) is 6.54 Å². The fraction of sp³-hybridized carbons (Fsp3) is 0.333. The first-order valence-electron chi connectivity index (χ1n) is 6.96. The van der Waals surface area contributed by atoms with E-state index in [4.69, 9.17) is 11.6 Å². The highest BCUT2D eigenvalue weighted by atomic mass is 35.5. The number of halogens is 1. The first-order chi connectivity index (χ1) is 9.45. The largest absolute Gasteiger partial charge is 0.316 e. The summed E-state index contributed by atoms with van der Waals surface area (Å²) >= 11 is 6.15. The van der Waals surface area contributed by atoms with Gasteiger partial charge >= 0.3 is 0 Å². The minimum atomic E-state index is 0.790. The summed E-state index contributed by atoms with van der Waals surface area (Å²) < 4.78 is 0. The third kappa shape index (κ3) is 2.74. The molecule has 0 saturated carbocycles. The maximum atomic E-state index is 6.15. The first-order valence-corrected chi connectivity index (χ1v) is 7.34. The van der Waals surface area contributed by atoms with Gasteiger partial charge in [0.05, 0.1) is 0 Å². The number of hydrogen-bond donors (Lipinski definition) is 1. The zero-order chi connectivity index (χ0) is 14.9. The Balaban J connectivity index is 2.74. The zero-order valence-electron chi connectivity index (χ0n) is 12.9. The van der Waals surface area contributed by atoms with Crippen molar-refractivity contribution in [3.05, 3.63) is 57.1 Å². The molecule has 20 heavy (non-hydrogen) atoms. The average molecular weight is 288 g/mol. The number of aryl methyl sites for hydroxylation is 2. The van der Waals surface area contributed by atoms with Crippen molar-refractivity contribution >= 4 is 11.6 Å². The summed E-state index contributed by atoms with van der Waals surface area (Å²) in [4.78, 5) is 0. The summed E-state index contributed by atoms with van der Waals surface area (Å²) in [5.41, 5.74) is 9.27. The summed E-state index contributed by atoms with van der Waals surface area (Å²) in [5.74, 6) is 0. The molecule has 0 spiro atoms. The summed E-state index contributed by atoms with van der Waals surface area (Å²) in [7, 11) is 1.96. The fourth-order valence-electron chi connectivity index (χ4n) is 2.76. The first kappa shape index (κ1) is 15.1. The molecule has 0 aromatic heterocycles. The van der Waals surface area contributed by atoms with Crippen LogP contribution in [0.4, 0.5) is 0 Å². The molecule has 1 nitrogen and oxygen atoms in total. The van der Waals surface area contributed by atoms with Crippen LogP contribution in [0.3, 0.4) is 0 Å². The highest BCUT2D eigenvalue weighted by molar-refractivity contribution is 6.30. The molecule has 2 heteroatoms. The van der Waals surface area contributed by atoms with E-state index >= 15 is 0 Å². The van der Waals surface area contributed by atoms with Crippen molar-refractivity contribution in [1.82, 2.24) is 5.32 Å². The van der Waals surface area contributed by atoms with Crippen molar-refractivity contribution in [3.63, 3.8) is 0 Å². The van der Waals surface area contributed by atoms with Crippen molar-refractivity contribution in [2.45, 2.75) is 34.2 Å². The number of rotatable bonds is 3. The Morgan fingerprint density at radius 2 is 1.55 bits per heavy atom. The molecular formula is C18H22ClN. The van der Waals surface area contributed by atoms with Crippen LogP contribution in [-0.4, -0.2) is 7.05 Å². The Morgan fingerprint density at radius 1 is 0.950 bits per heavy atom. The molecule has 0 aliphatic heterocycles. The van der Waals surface area contributed by atoms with Crippen molar-refractivity contribution in [2.24, 2.45) is 0 Å². The molecule has 0 bridgehead atoms. The molecule has 2 aromatic rings. The van der Waals surface area contributed by atoms with Gasteiger partial charge in [-0.3, -0.25) is 0 Å². The van der Waals surface area contributed by atoms with Crippen molar-refractivity contribution in [2.75, 3.05) is 7.05 Å². The minimum absolute atomic E-state index is 0.790. The van der Waals surface area contributed by atoms with Gasteiger partial charge in [-0.05, 0) is 85.8 Å². The summed E-state index contributed by atoms with van der Waals surface area (Å²) in [6.45, 7) is 9.59. The van der Waals surface area contributed by atoms with Crippen LogP contribution in [0, 0.1) is 27.7 Å². The Labute approximate surface area is 127 Å². The Morgan fingerprint density at radius 3 is 2.10 bits per heavy atom. The molecule has 0 heterocycles. The topological polar surface area (TPSA) is 12.0 Å². The molecular weight excluding hydrogens is 266 g/mol. The van der Waals surface area contributed by atoms with Gasteiger partial charge < -0.3 is 5.32 Å². The normalized spacial score (nSPS) is 10.9. The molecule has 0 saturated heterocycles. The third-order valence-electron chi connectivity index (χ3n) is 4.07. The van der Waals surface area contributed by atoms with Gasteiger partial charge in [-0.1, -0.05) is 23.7 Å². The predicted octanol–water partition coefficient (Wildman–Crippen LogP) is 4.96. The monoisotopic (exact) mass is 287 g/mol. The summed E-state index contributed by atoms with van der Waals surface area (Å²) in [6, 6.07) is 8.45. The van der Waals surface area contributed by atoms with Crippen LogP contribution in [0.1, 0.15) is 27.8 Å². The van der Waals surface area contributed by atoms with E-state index < -0.39 is 0 Å². The molecule has 106 valence electrons. The standard InChI is InChI=1S/C18H22ClN/c1-11-8-12(2)14(4)18(13(11)3)17-7-6-16(19)9-15(17)10-20-5/h6-9,20H,10H2,1-5H3. The van der Waals surface area contributed by atoms with Gasteiger partial charge in [0.25, 0.3) is 0 Å². The van der Waals surface area contributed by atoms with E-state index in [1.165, 1.54) is 38.9 Å². The molecule has 0 aliphatic carbocycles. The maximum absolute atomic E-state index is 6.15. The lowest BCUT2D eigenvalue weighted by Crippen LogP contribution is -2.07. The van der Waals surface area contributed by atoms with E-state index in [-0.39, 0.29) is 0 Å². The molecule has 0 aliphatic rings. The maximum Gasteiger partial charge on any atom is 0.0409 e. The second kappa shape index (κ2) is 5.99. The minimum Gasteiger partial charge on any atom is -0.316 e. The van der Waals surface area contributed by atoms with Crippen molar-refractivity contribution in [3.8, 4) is 11.1 Å². The molecule has 0 atom stereocenters. The van der Waals surface area contributed by atoms with E-state index in [9.17, 15) is 0 Å². The highest BCUT2D eigenvalue weighted by Gasteiger charge is 2.13. The van der Waals surface area contributed by atoms with E-state index in [0.29, 0.717) is 0 Å². The molecule has 0 unspecified atom stereocenters. The van der Waals surface area contributed by atoms with Crippen LogP contribution in [0.15, 0.2) is 24.3 Å². The van der Waals surface area contributed by atoms with Crippen LogP contribution in [0.25, 0.3) is 11.1 Å². The summed E-state index contributed by atoms with van der Waals surface area (Å²) in [6.07, 6.45) is 0. The van der Waals surface area contributed by atoms with Gasteiger partial charge in [0, 0.05) is 11.6 Å². The molecule has 0 amide bonds. The number of benzene rings is 2. The highest BCUT2D eigenvalue weighted by Crippen LogP contribution is 2.34. The van der Waals surface area contributed by atoms with Gasteiger partial charge in [-0.2, -0.15) is 0 Å². The molecule has 1 N–H and O–H groups in total. The van der Waals surface area contributed by atoms with Crippen molar-refractivity contribution < 1.29 is 0 Å². The molecule has 0 fully saturated rings. The van der Waals surface area contributed by atoms with E-state index in [1.807, 2.05) is 13.1 Å². The van der Waals surface area contributed by atoms with Gasteiger partial charge in [0.2, 0.25) is 0 Å². The lowest BCUT2D eigenvalue weighted by atomic mass is 9.87. The Kier molecular flexibility index (Phi) is 4.52. The number of hydrogen-bond acceptors (Lipinski definition) is 1. The van der Waals surface area contributed by atoms with Gasteiger partial charge in [0.15, 0.2) is 0 Å². The van der Waals surface area contributed by atoms with Crippen LogP contribution < -0.4 is 5.32 Å². The fourth-order valence-corrected chi connectivity index (χ4v) is 2.96. The SMILES string of the molecule is CNCc1cc(Cl)ccc1-c1c(C)c(C)cc(C)c1C. The van der Waals surface area contributed by atoms with Gasteiger partial charge in [-0.15, -0.1) is 0 Å². The van der Waals surface area contributed by atoms with E-state index in [0.717, 1.165) is 11.6 Å². The molecule has 0 radical (unpaired) electrons. The smallest absolute Gasteiger partial charge is 0.0409 e. The lowest BCUT2D eigenvalue weighted by molar-refractivity contribution is 0.819. The van der Waals surface area contributed by atoms with Crippen LogP contribution in [0.5, 0.6) is 0 Å². The Bertz CT molecular complexity index is 618. The second-order valence-corrected chi connectivity index (χ2v) is 5.90. The lowest BCUT2D eigenvalue weighted by Gasteiger charge is -2.18. The predicted molar refractivity (Wildman–Crippen MR) is 88.6 cm³/mol.